The average molecular weight is 459 g/mol. The third kappa shape index (κ3) is 5.77. The maximum atomic E-state index is 12.6. The fourth-order valence-corrected chi connectivity index (χ4v) is 4.13. The van der Waals surface area contributed by atoms with Gasteiger partial charge in [-0.25, -0.2) is 8.42 Å². The molecule has 0 atom stereocenters. The van der Waals surface area contributed by atoms with Gasteiger partial charge < -0.3 is 10.1 Å². The molecule has 0 heterocycles. The second kappa shape index (κ2) is 9.41. The lowest BCUT2D eigenvalue weighted by molar-refractivity contribution is 0.102. The lowest BCUT2D eigenvalue weighted by atomic mass is 10.1. The molecule has 0 aliphatic rings. The Morgan fingerprint density at radius 1 is 1.03 bits per heavy atom. The van der Waals surface area contributed by atoms with Crippen molar-refractivity contribution in [2.45, 2.75) is 13.5 Å². The molecule has 1 amide bonds. The van der Waals surface area contributed by atoms with Crippen molar-refractivity contribution < 1.29 is 17.9 Å². The van der Waals surface area contributed by atoms with E-state index < -0.39 is 10.0 Å². The highest BCUT2D eigenvalue weighted by molar-refractivity contribution is 7.92. The van der Waals surface area contributed by atoms with E-state index in [0.29, 0.717) is 27.7 Å². The summed E-state index contributed by atoms with van der Waals surface area (Å²) in [5.41, 5.74) is 3.36. The second-order valence-electron chi connectivity index (χ2n) is 7.11. The number of ether oxygens (including phenoxy) is 1. The molecule has 3 rings (SSSR count). The van der Waals surface area contributed by atoms with Crippen LogP contribution in [0.25, 0.3) is 0 Å². The van der Waals surface area contributed by atoms with Crippen molar-refractivity contribution in [3.8, 4) is 5.75 Å². The van der Waals surface area contributed by atoms with Crippen LogP contribution in [-0.2, 0) is 16.6 Å². The Morgan fingerprint density at radius 2 is 1.68 bits per heavy atom. The van der Waals surface area contributed by atoms with Gasteiger partial charge in [0.2, 0.25) is 10.0 Å². The maximum Gasteiger partial charge on any atom is 0.255 e. The monoisotopic (exact) mass is 458 g/mol. The predicted octanol–water partition coefficient (Wildman–Crippen LogP) is 4.88. The largest absolute Gasteiger partial charge is 0.495 e. The van der Waals surface area contributed by atoms with E-state index in [1.807, 2.05) is 31.2 Å². The number of nitrogens with one attached hydrogen (secondary N) is 1. The van der Waals surface area contributed by atoms with Crippen molar-refractivity contribution in [1.82, 2.24) is 0 Å². The minimum Gasteiger partial charge on any atom is -0.495 e. The van der Waals surface area contributed by atoms with Crippen molar-refractivity contribution in [2.24, 2.45) is 0 Å². The van der Waals surface area contributed by atoms with Gasteiger partial charge in [0.05, 0.1) is 30.6 Å². The van der Waals surface area contributed by atoms with Crippen LogP contribution in [0, 0.1) is 6.92 Å². The van der Waals surface area contributed by atoms with Crippen LogP contribution in [0.5, 0.6) is 5.75 Å². The van der Waals surface area contributed by atoms with Gasteiger partial charge in [0.15, 0.2) is 0 Å². The summed E-state index contributed by atoms with van der Waals surface area (Å²) in [7, 11) is -2.00. The number of carbonyl (C=O) groups excluding carboxylic acids is 1. The molecule has 162 valence electrons. The van der Waals surface area contributed by atoms with Crippen molar-refractivity contribution in [3.05, 3.63) is 88.4 Å². The van der Waals surface area contributed by atoms with Gasteiger partial charge in [-0.05, 0) is 55.0 Å². The summed E-state index contributed by atoms with van der Waals surface area (Å²) in [5.74, 6) is 0.177. The van der Waals surface area contributed by atoms with Crippen LogP contribution in [0.2, 0.25) is 5.02 Å². The van der Waals surface area contributed by atoms with E-state index in [-0.39, 0.29) is 12.5 Å². The van der Waals surface area contributed by atoms with Gasteiger partial charge in [-0.3, -0.25) is 9.10 Å². The summed E-state index contributed by atoms with van der Waals surface area (Å²) < 4.78 is 31.2. The van der Waals surface area contributed by atoms with Crippen molar-refractivity contribution in [3.63, 3.8) is 0 Å². The highest BCUT2D eigenvalue weighted by Crippen LogP contribution is 2.28. The van der Waals surface area contributed by atoms with Crippen LogP contribution in [0.15, 0.2) is 66.7 Å². The van der Waals surface area contributed by atoms with Gasteiger partial charge in [-0.2, -0.15) is 0 Å². The molecule has 0 fully saturated rings. The normalized spacial score (nSPS) is 11.1. The number of amides is 1. The van der Waals surface area contributed by atoms with Gasteiger partial charge >= 0.3 is 0 Å². The molecule has 3 aromatic rings. The molecular formula is C23H23ClN2O4S. The number of hydrogen-bond acceptors (Lipinski definition) is 4. The van der Waals surface area contributed by atoms with Crippen molar-refractivity contribution >= 4 is 38.9 Å². The van der Waals surface area contributed by atoms with Crippen LogP contribution in [-0.4, -0.2) is 27.7 Å². The molecule has 8 heteroatoms. The molecule has 3 aromatic carbocycles. The summed E-state index contributed by atoms with van der Waals surface area (Å²) in [4.78, 5) is 12.6. The number of benzene rings is 3. The predicted molar refractivity (Wildman–Crippen MR) is 125 cm³/mol. The number of anilines is 2. The Kier molecular flexibility index (Phi) is 6.87. The first-order valence-electron chi connectivity index (χ1n) is 9.45. The summed E-state index contributed by atoms with van der Waals surface area (Å²) >= 11 is 6.09. The first kappa shape index (κ1) is 22.7. The fraction of sp³-hybridized carbons (Fsp3) is 0.174. The number of nitrogens with zero attached hydrogens (tertiary/aromatic N) is 1. The molecule has 0 saturated carbocycles. The highest BCUT2D eigenvalue weighted by atomic mass is 35.5. The SMILES string of the molecule is COc1ccc(NC(=O)c2ccc(N(Cc3ccc(C)cc3)S(C)(=O)=O)cc2)cc1Cl. The first-order valence-corrected chi connectivity index (χ1v) is 11.7. The van der Waals surface area contributed by atoms with E-state index in [9.17, 15) is 13.2 Å². The molecule has 0 spiro atoms. The minimum absolute atomic E-state index is 0.203. The molecule has 0 aromatic heterocycles. The third-order valence-corrected chi connectivity index (χ3v) is 6.11. The van der Waals surface area contributed by atoms with Crippen LogP contribution in [0.1, 0.15) is 21.5 Å². The molecule has 0 bridgehead atoms. The average Bonchev–Trinajstić information content (AvgIpc) is 2.73. The molecule has 0 saturated heterocycles. The summed E-state index contributed by atoms with van der Waals surface area (Å²) in [6.45, 7) is 2.18. The minimum atomic E-state index is -3.51. The van der Waals surface area contributed by atoms with E-state index >= 15 is 0 Å². The van der Waals surface area contributed by atoms with Gasteiger partial charge in [-0.15, -0.1) is 0 Å². The number of rotatable bonds is 7. The molecule has 0 radical (unpaired) electrons. The van der Waals surface area contributed by atoms with Gasteiger partial charge in [0, 0.05) is 11.3 Å². The van der Waals surface area contributed by atoms with Crippen LogP contribution >= 0.6 is 11.6 Å². The second-order valence-corrected chi connectivity index (χ2v) is 9.42. The van der Waals surface area contributed by atoms with Gasteiger partial charge in [-0.1, -0.05) is 41.4 Å². The Balaban J connectivity index is 1.78. The van der Waals surface area contributed by atoms with Gasteiger partial charge in [0.1, 0.15) is 5.75 Å². The number of carbonyl (C=O) groups is 1. The summed E-state index contributed by atoms with van der Waals surface area (Å²) in [5, 5.41) is 3.15. The van der Waals surface area contributed by atoms with Crippen molar-refractivity contribution in [2.75, 3.05) is 23.0 Å². The maximum absolute atomic E-state index is 12.6. The first-order chi connectivity index (χ1) is 14.7. The fourth-order valence-electron chi connectivity index (χ4n) is 2.99. The van der Waals surface area contributed by atoms with E-state index in [0.717, 1.165) is 17.4 Å². The van der Waals surface area contributed by atoms with E-state index in [1.54, 1.807) is 42.5 Å². The number of aryl methyl sites for hydroxylation is 1. The molecule has 1 N–H and O–H groups in total. The van der Waals surface area contributed by atoms with E-state index in [4.69, 9.17) is 16.3 Å². The lowest BCUT2D eigenvalue weighted by Crippen LogP contribution is -2.29. The number of hydrogen-bond donors (Lipinski definition) is 1. The Bertz CT molecular complexity index is 1180. The van der Waals surface area contributed by atoms with E-state index in [2.05, 4.69) is 5.32 Å². The Hall–Kier alpha value is -3.03. The molecule has 0 aliphatic carbocycles. The van der Waals surface area contributed by atoms with Crippen LogP contribution in [0.4, 0.5) is 11.4 Å². The zero-order valence-electron chi connectivity index (χ0n) is 17.4. The Labute approximate surface area is 187 Å². The zero-order valence-corrected chi connectivity index (χ0v) is 19.0. The molecule has 6 nitrogen and oxygen atoms in total. The number of methoxy groups -OCH3 is 1. The molecule has 31 heavy (non-hydrogen) atoms. The molecular weight excluding hydrogens is 436 g/mol. The summed E-state index contributed by atoms with van der Waals surface area (Å²) in [6.07, 6.45) is 1.16. The quantitative estimate of drug-likeness (QED) is 0.547. The van der Waals surface area contributed by atoms with E-state index in [1.165, 1.54) is 11.4 Å². The standard InChI is InChI=1S/C23H23ClN2O4S/c1-16-4-6-17(7-5-16)15-26(31(3,28)29)20-11-8-18(9-12-20)23(27)25-19-10-13-22(30-2)21(24)14-19/h4-14H,15H2,1-3H3,(H,25,27). The van der Waals surface area contributed by atoms with Crippen molar-refractivity contribution in [1.29, 1.82) is 0 Å². The Morgan fingerprint density at radius 3 is 2.23 bits per heavy atom. The lowest BCUT2D eigenvalue weighted by Gasteiger charge is -2.23. The molecule has 0 aliphatic heterocycles. The molecule has 0 unspecified atom stereocenters. The van der Waals surface area contributed by atoms with Crippen LogP contribution < -0.4 is 14.4 Å². The zero-order chi connectivity index (χ0) is 22.6. The number of halogens is 1. The number of sulfonamides is 1. The highest BCUT2D eigenvalue weighted by Gasteiger charge is 2.18. The van der Waals surface area contributed by atoms with Crippen LogP contribution in [0.3, 0.4) is 0 Å². The summed E-state index contributed by atoms with van der Waals surface area (Å²) in [6, 6.07) is 19.0. The topological polar surface area (TPSA) is 75.7 Å². The third-order valence-electron chi connectivity index (χ3n) is 4.67. The van der Waals surface area contributed by atoms with Gasteiger partial charge in [0.25, 0.3) is 5.91 Å². The smallest absolute Gasteiger partial charge is 0.255 e.